The number of alkyl halides is 2. The van der Waals surface area contributed by atoms with E-state index in [0.29, 0.717) is 0 Å². The summed E-state index contributed by atoms with van der Waals surface area (Å²) in [5.74, 6) is 0. The Morgan fingerprint density at radius 2 is 2.29 bits per heavy atom. The zero-order chi connectivity index (χ0) is 10.6. The van der Waals surface area contributed by atoms with Gasteiger partial charge in [-0.2, -0.15) is 0 Å². The van der Waals surface area contributed by atoms with Crippen molar-refractivity contribution in [3.05, 3.63) is 29.6 Å². The average molecular weight is 202 g/mol. The molecule has 0 fully saturated rings. The number of nitrogens with one attached hydrogen (secondary N) is 1. The summed E-state index contributed by atoms with van der Waals surface area (Å²) in [6, 6.07) is 2.70. The molecule has 0 amide bonds. The van der Waals surface area contributed by atoms with Gasteiger partial charge in [0.2, 0.25) is 0 Å². The second kappa shape index (κ2) is 4.97. The van der Waals surface area contributed by atoms with Gasteiger partial charge in [-0.1, -0.05) is 0 Å². The monoisotopic (exact) mass is 202 g/mol. The van der Waals surface area contributed by atoms with E-state index in [-0.39, 0.29) is 17.8 Å². The molecule has 5 heteroatoms. The Labute approximate surface area is 80.8 Å². The fourth-order valence-electron chi connectivity index (χ4n) is 1.18. The van der Waals surface area contributed by atoms with Crippen molar-refractivity contribution in [2.75, 3.05) is 13.6 Å². The number of aliphatic hydroxyl groups is 1. The van der Waals surface area contributed by atoms with Crippen LogP contribution in [0.25, 0.3) is 0 Å². The maximum absolute atomic E-state index is 12.5. The predicted molar refractivity (Wildman–Crippen MR) is 48.1 cm³/mol. The molecule has 0 aliphatic heterocycles. The lowest BCUT2D eigenvalue weighted by atomic mass is 10.1. The fourth-order valence-corrected chi connectivity index (χ4v) is 1.18. The van der Waals surface area contributed by atoms with Crippen molar-refractivity contribution in [1.82, 2.24) is 10.3 Å². The van der Waals surface area contributed by atoms with Crippen LogP contribution in [-0.4, -0.2) is 23.7 Å². The largest absolute Gasteiger partial charge is 0.385 e. The van der Waals surface area contributed by atoms with Gasteiger partial charge in [-0.15, -0.1) is 0 Å². The molecule has 0 saturated carbocycles. The summed E-state index contributed by atoms with van der Waals surface area (Å²) >= 11 is 0. The van der Waals surface area contributed by atoms with E-state index < -0.39 is 12.5 Å². The van der Waals surface area contributed by atoms with Crippen LogP contribution in [0.3, 0.4) is 0 Å². The number of likely N-dealkylation sites (N-methyl/N-ethyl adjacent to an activating group) is 1. The average Bonchev–Trinajstić information content (AvgIpc) is 2.18. The maximum Gasteiger partial charge on any atom is 0.265 e. The summed E-state index contributed by atoms with van der Waals surface area (Å²) in [5, 5.41) is 12.2. The van der Waals surface area contributed by atoms with Crippen LogP contribution < -0.4 is 5.32 Å². The summed E-state index contributed by atoms with van der Waals surface area (Å²) < 4.78 is 24.9. The zero-order valence-corrected chi connectivity index (χ0v) is 7.74. The van der Waals surface area contributed by atoms with Gasteiger partial charge in [0.15, 0.2) is 0 Å². The van der Waals surface area contributed by atoms with E-state index in [0.717, 1.165) is 0 Å². The van der Waals surface area contributed by atoms with E-state index in [4.69, 9.17) is 0 Å². The molecule has 0 aliphatic carbocycles. The standard InChI is InChI=1S/C9H12F2N2O/c1-12-5-7(14)8-6(9(10)11)3-2-4-13-8/h2-4,7,9,12,14H,5H2,1H3. The first kappa shape index (κ1) is 11.0. The lowest BCUT2D eigenvalue weighted by molar-refractivity contribution is 0.133. The summed E-state index contributed by atoms with van der Waals surface area (Å²) in [5.41, 5.74) is -0.174. The van der Waals surface area contributed by atoms with Crippen molar-refractivity contribution < 1.29 is 13.9 Å². The van der Waals surface area contributed by atoms with Gasteiger partial charge in [0, 0.05) is 18.3 Å². The molecule has 14 heavy (non-hydrogen) atoms. The van der Waals surface area contributed by atoms with Gasteiger partial charge in [0.05, 0.1) is 5.69 Å². The van der Waals surface area contributed by atoms with E-state index in [2.05, 4.69) is 10.3 Å². The Balaban J connectivity index is 2.94. The van der Waals surface area contributed by atoms with Crippen molar-refractivity contribution in [3.63, 3.8) is 0 Å². The SMILES string of the molecule is CNCC(O)c1ncccc1C(F)F. The minimum absolute atomic E-state index is 0.0388. The molecule has 1 aromatic heterocycles. The minimum atomic E-state index is -2.61. The van der Waals surface area contributed by atoms with E-state index in [9.17, 15) is 13.9 Å². The van der Waals surface area contributed by atoms with Crippen molar-refractivity contribution in [3.8, 4) is 0 Å². The van der Waals surface area contributed by atoms with Crippen molar-refractivity contribution in [1.29, 1.82) is 0 Å². The van der Waals surface area contributed by atoms with Gasteiger partial charge < -0.3 is 10.4 Å². The van der Waals surface area contributed by atoms with Crippen LogP contribution >= 0.6 is 0 Å². The molecule has 0 aliphatic rings. The van der Waals surface area contributed by atoms with Gasteiger partial charge in [-0.05, 0) is 19.2 Å². The molecule has 1 aromatic rings. The Morgan fingerprint density at radius 3 is 2.86 bits per heavy atom. The molecule has 3 nitrogen and oxygen atoms in total. The third-order valence-corrected chi connectivity index (χ3v) is 1.82. The van der Waals surface area contributed by atoms with E-state index >= 15 is 0 Å². The van der Waals surface area contributed by atoms with Crippen LogP contribution in [0, 0.1) is 0 Å². The Morgan fingerprint density at radius 1 is 1.57 bits per heavy atom. The first-order valence-electron chi connectivity index (χ1n) is 4.22. The van der Waals surface area contributed by atoms with Gasteiger partial charge in [0.1, 0.15) is 6.10 Å². The van der Waals surface area contributed by atoms with Gasteiger partial charge >= 0.3 is 0 Å². The van der Waals surface area contributed by atoms with Gasteiger partial charge in [0.25, 0.3) is 6.43 Å². The summed E-state index contributed by atoms with van der Waals surface area (Å²) in [6.07, 6.45) is -2.21. The Hall–Kier alpha value is -1.07. The first-order chi connectivity index (χ1) is 6.66. The summed E-state index contributed by atoms with van der Waals surface area (Å²) in [7, 11) is 1.63. The molecule has 2 N–H and O–H groups in total. The van der Waals surface area contributed by atoms with E-state index in [1.54, 1.807) is 7.05 Å². The molecule has 0 spiro atoms. The molecule has 1 heterocycles. The second-order valence-corrected chi connectivity index (χ2v) is 2.85. The summed E-state index contributed by atoms with van der Waals surface area (Å²) in [6.45, 7) is 0.205. The summed E-state index contributed by atoms with van der Waals surface area (Å²) in [4.78, 5) is 3.75. The number of halogens is 2. The van der Waals surface area contributed by atoms with Crippen LogP contribution in [0.2, 0.25) is 0 Å². The van der Waals surface area contributed by atoms with Gasteiger partial charge in [-0.3, -0.25) is 4.98 Å². The molecular formula is C9H12F2N2O. The first-order valence-corrected chi connectivity index (χ1v) is 4.22. The molecule has 0 bridgehead atoms. The number of hydrogen-bond donors (Lipinski definition) is 2. The van der Waals surface area contributed by atoms with Crippen molar-refractivity contribution in [2.24, 2.45) is 0 Å². The molecule has 1 atom stereocenters. The number of aromatic nitrogens is 1. The molecule has 78 valence electrons. The lowest BCUT2D eigenvalue weighted by Crippen LogP contribution is -2.19. The fraction of sp³-hybridized carbons (Fsp3) is 0.444. The highest BCUT2D eigenvalue weighted by Crippen LogP contribution is 2.24. The Bertz CT molecular complexity index is 294. The van der Waals surface area contributed by atoms with E-state index in [1.165, 1.54) is 18.3 Å². The topological polar surface area (TPSA) is 45.1 Å². The highest BCUT2D eigenvalue weighted by Gasteiger charge is 2.18. The van der Waals surface area contributed by atoms with Crippen LogP contribution in [0.15, 0.2) is 18.3 Å². The zero-order valence-electron chi connectivity index (χ0n) is 7.74. The Kier molecular flexibility index (Phi) is 3.91. The molecule has 0 saturated heterocycles. The third-order valence-electron chi connectivity index (χ3n) is 1.82. The molecule has 0 aromatic carbocycles. The number of hydrogen-bond acceptors (Lipinski definition) is 3. The number of pyridine rings is 1. The number of nitrogens with zero attached hydrogens (tertiary/aromatic N) is 1. The second-order valence-electron chi connectivity index (χ2n) is 2.85. The number of rotatable bonds is 4. The van der Waals surface area contributed by atoms with Crippen LogP contribution in [0.5, 0.6) is 0 Å². The lowest BCUT2D eigenvalue weighted by Gasteiger charge is -2.13. The molecule has 0 radical (unpaired) electrons. The smallest absolute Gasteiger partial charge is 0.265 e. The van der Waals surface area contributed by atoms with Crippen molar-refractivity contribution >= 4 is 0 Å². The number of aliphatic hydroxyl groups excluding tert-OH is 1. The van der Waals surface area contributed by atoms with Crippen LogP contribution in [0.1, 0.15) is 23.8 Å². The van der Waals surface area contributed by atoms with Crippen LogP contribution in [0.4, 0.5) is 8.78 Å². The minimum Gasteiger partial charge on any atom is -0.385 e. The molecule has 1 rings (SSSR count). The highest BCUT2D eigenvalue weighted by atomic mass is 19.3. The normalized spacial score (nSPS) is 13.2. The van der Waals surface area contributed by atoms with Crippen molar-refractivity contribution in [2.45, 2.75) is 12.5 Å². The van der Waals surface area contributed by atoms with E-state index in [1.807, 2.05) is 0 Å². The predicted octanol–water partition coefficient (Wildman–Crippen LogP) is 1.27. The van der Waals surface area contributed by atoms with Gasteiger partial charge in [-0.25, -0.2) is 8.78 Å². The third kappa shape index (κ3) is 2.46. The molecule has 1 unspecified atom stereocenters. The molecular weight excluding hydrogens is 190 g/mol. The quantitative estimate of drug-likeness (QED) is 0.772. The highest BCUT2D eigenvalue weighted by molar-refractivity contribution is 5.23. The maximum atomic E-state index is 12.5. The van der Waals surface area contributed by atoms with Crippen LogP contribution in [-0.2, 0) is 0 Å².